The fourth-order valence-electron chi connectivity index (χ4n) is 0.101. The van der Waals surface area contributed by atoms with E-state index in [2.05, 4.69) is 18.2 Å². The highest BCUT2D eigenvalue weighted by Gasteiger charge is 1.73. The number of thiol groups is 1. The lowest BCUT2D eigenvalue weighted by atomic mass is 10.8. The molecule has 0 heterocycles. The zero-order valence-electron chi connectivity index (χ0n) is 3.26. The van der Waals surface area contributed by atoms with E-state index in [1.165, 1.54) is 0 Å². The van der Waals surface area contributed by atoms with E-state index in [9.17, 15) is 0 Å². The molecule has 0 nitrogen and oxygen atoms in total. The molecule has 0 radical (unpaired) electrons. The van der Waals surface area contributed by atoms with Gasteiger partial charge in [-0.25, -0.2) is 0 Å². The third kappa shape index (κ3) is 4.66. The van der Waals surface area contributed by atoms with Crippen LogP contribution in [-0.4, -0.2) is 5.75 Å². The molecule has 0 rings (SSSR count). The Morgan fingerprint density at radius 3 is 2.50 bits per heavy atom. The minimum atomic E-state index is -0.156. The van der Waals surface area contributed by atoms with Gasteiger partial charge in [0.25, 0.3) is 0 Å². The van der Waals surface area contributed by atoms with Gasteiger partial charge in [-0.15, -0.1) is 18.2 Å². The molecule has 0 aromatic carbocycles. The Morgan fingerprint density at radius 2 is 2.50 bits per heavy atom. The van der Waals surface area contributed by atoms with Crippen LogP contribution in [0.1, 0.15) is 0 Å². The lowest BCUT2D eigenvalue weighted by Gasteiger charge is -1.81. The van der Waals surface area contributed by atoms with Gasteiger partial charge in [0.05, 0.1) is 0 Å². The van der Waals surface area contributed by atoms with Gasteiger partial charge >= 0.3 is 0 Å². The van der Waals surface area contributed by atoms with Crippen LogP contribution in [0.3, 0.4) is 0 Å². The van der Waals surface area contributed by atoms with Gasteiger partial charge in [0, 0.05) is 5.75 Å². The second-order valence-corrected chi connectivity index (χ2v) is 5.02. The first-order valence-electron chi connectivity index (χ1n) is 1.45. The fourth-order valence-corrected chi connectivity index (χ4v) is 0.907. The molecule has 0 bridgehead atoms. The molecule has 0 fully saturated rings. The highest BCUT2D eigenvalue weighted by molar-refractivity contribution is 8.76. The normalized spacial score (nSPS) is 13.5. The molecular formula is C3H6S3. The minimum Gasteiger partial charge on any atom is -0.107 e. The first-order chi connectivity index (χ1) is 2.77. The summed E-state index contributed by atoms with van der Waals surface area (Å²) in [6, 6.07) is 0. The summed E-state index contributed by atoms with van der Waals surface area (Å²) in [5.74, 6) is 0.846. The van der Waals surface area contributed by atoms with Gasteiger partial charge in [-0.1, -0.05) is 14.6 Å². The molecule has 1 atom stereocenters. The maximum absolute atomic E-state index is 4.70. The lowest BCUT2D eigenvalue weighted by Crippen LogP contribution is -1.76. The monoisotopic (exact) mass is 138 g/mol. The summed E-state index contributed by atoms with van der Waals surface area (Å²) in [4.78, 5) is 0. The Labute approximate surface area is 50.0 Å². The average Bonchev–Trinajstić information content (AvgIpc) is 1.35. The van der Waals surface area contributed by atoms with E-state index in [0.29, 0.717) is 0 Å². The molecule has 0 amide bonds. The van der Waals surface area contributed by atoms with Gasteiger partial charge in [-0.2, -0.15) is 0 Å². The van der Waals surface area contributed by atoms with Crippen molar-refractivity contribution < 1.29 is 0 Å². The Kier molecular flexibility index (Phi) is 4.26. The molecule has 0 saturated carbocycles. The largest absolute Gasteiger partial charge is 0.107 e. The van der Waals surface area contributed by atoms with Crippen molar-refractivity contribution in [2.75, 3.05) is 5.75 Å². The predicted molar refractivity (Wildman–Crippen MR) is 38.8 cm³/mol. The molecule has 0 N–H and O–H groups in total. The van der Waals surface area contributed by atoms with Crippen molar-refractivity contribution in [1.82, 2.24) is 0 Å². The summed E-state index contributed by atoms with van der Waals surface area (Å²) in [6.07, 6.45) is 1.78. The fraction of sp³-hybridized carbons (Fsp3) is 0.333. The summed E-state index contributed by atoms with van der Waals surface area (Å²) in [5, 5.41) is 0. The van der Waals surface area contributed by atoms with Gasteiger partial charge < -0.3 is 0 Å². The summed E-state index contributed by atoms with van der Waals surface area (Å²) in [6.45, 7) is 3.49. The van der Waals surface area contributed by atoms with Gasteiger partial charge in [-0.05, 0) is 11.2 Å². The van der Waals surface area contributed by atoms with E-state index in [1.54, 1.807) is 6.08 Å². The van der Waals surface area contributed by atoms with E-state index in [0.717, 1.165) is 5.75 Å². The van der Waals surface area contributed by atoms with Crippen LogP contribution in [0.15, 0.2) is 12.7 Å². The van der Waals surface area contributed by atoms with Gasteiger partial charge in [0.1, 0.15) is 0 Å². The van der Waals surface area contributed by atoms with Crippen molar-refractivity contribution in [3.63, 3.8) is 0 Å². The standard InChI is InChI=1S/C3H6S3/c1-2-3-6(4)5/h2H,1,3H2,(H,4,5). The van der Waals surface area contributed by atoms with Crippen molar-refractivity contribution in [3.8, 4) is 0 Å². The van der Waals surface area contributed by atoms with E-state index in [4.69, 9.17) is 11.2 Å². The predicted octanol–water partition coefficient (Wildman–Crippen LogP) is 1.10. The van der Waals surface area contributed by atoms with Crippen LogP contribution in [0.25, 0.3) is 0 Å². The van der Waals surface area contributed by atoms with E-state index in [1.807, 2.05) is 0 Å². The Balaban J connectivity index is 3.05. The lowest BCUT2D eigenvalue weighted by molar-refractivity contribution is 1.84. The Bertz CT molecular complexity index is 66.4. The third-order valence-electron chi connectivity index (χ3n) is 0.260. The van der Waals surface area contributed by atoms with Gasteiger partial charge in [-0.3, -0.25) is 0 Å². The number of hydrogen-bond donors (Lipinski definition) is 1. The van der Waals surface area contributed by atoms with Crippen LogP contribution >= 0.6 is 11.7 Å². The number of rotatable bonds is 2. The van der Waals surface area contributed by atoms with Crippen LogP contribution in [0, 0.1) is 0 Å². The molecule has 1 unspecified atom stereocenters. The van der Waals surface area contributed by atoms with Crippen molar-refractivity contribution in [1.29, 1.82) is 0 Å². The zero-order valence-corrected chi connectivity index (χ0v) is 5.78. The van der Waals surface area contributed by atoms with Crippen LogP contribution in [0.2, 0.25) is 0 Å². The second kappa shape index (κ2) is 3.84. The van der Waals surface area contributed by atoms with Gasteiger partial charge in [0.15, 0.2) is 0 Å². The smallest absolute Gasteiger partial charge is 0.0252 e. The quantitative estimate of drug-likeness (QED) is 0.339. The molecule has 0 aliphatic rings. The van der Waals surface area contributed by atoms with Crippen molar-refractivity contribution in [2.45, 2.75) is 0 Å². The molecule has 3 heteroatoms. The van der Waals surface area contributed by atoms with Crippen LogP contribution in [-0.2, 0) is 19.7 Å². The topological polar surface area (TPSA) is 0 Å². The average molecular weight is 138 g/mol. The highest BCUT2D eigenvalue weighted by Crippen LogP contribution is 1.85. The van der Waals surface area contributed by atoms with Crippen LogP contribution in [0.4, 0.5) is 0 Å². The van der Waals surface area contributed by atoms with Crippen molar-refractivity contribution in [2.24, 2.45) is 0 Å². The maximum Gasteiger partial charge on any atom is 0.0252 e. The van der Waals surface area contributed by atoms with E-state index in [-0.39, 0.29) is 8.49 Å². The maximum atomic E-state index is 4.70. The van der Waals surface area contributed by atoms with Crippen molar-refractivity contribution >= 4 is 31.3 Å². The first kappa shape index (κ1) is 6.66. The third-order valence-corrected chi connectivity index (χ3v) is 1.64. The summed E-state index contributed by atoms with van der Waals surface area (Å²) in [5.41, 5.74) is 0. The molecular weight excluding hydrogens is 132 g/mol. The summed E-state index contributed by atoms with van der Waals surface area (Å²) < 4.78 is 0. The zero-order chi connectivity index (χ0) is 4.99. The summed E-state index contributed by atoms with van der Waals surface area (Å²) >= 11 is 8.65. The van der Waals surface area contributed by atoms with E-state index >= 15 is 0 Å². The molecule has 0 spiro atoms. The van der Waals surface area contributed by atoms with Crippen LogP contribution < -0.4 is 0 Å². The van der Waals surface area contributed by atoms with Crippen molar-refractivity contribution in [3.05, 3.63) is 12.7 Å². The molecule has 36 valence electrons. The minimum absolute atomic E-state index is 0.156. The molecule has 0 aliphatic carbocycles. The second-order valence-electron chi connectivity index (χ2n) is 0.777. The molecule has 0 saturated heterocycles. The molecule has 0 aromatic heterocycles. The molecule has 0 aliphatic heterocycles. The van der Waals surface area contributed by atoms with E-state index < -0.39 is 0 Å². The highest BCUT2D eigenvalue weighted by atomic mass is 33.3. The Hall–Kier alpha value is 0.660. The Morgan fingerprint density at radius 1 is 2.00 bits per heavy atom. The van der Waals surface area contributed by atoms with Crippen LogP contribution in [0.5, 0.6) is 0 Å². The number of hydrogen-bond acceptors (Lipinski definition) is 1. The molecule has 0 aromatic rings. The molecule has 6 heavy (non-hydrogen) atoms. The first-order valence-corrected chi connectivity index (χ1v) is 4.83. The SMILES string of the molecule is C=CCS(=S)S. The van der Waals surface area contributed by atoms with Gasteiger partial charge in [0.2, 0.25) is 0 Å². The summed E-state index contributed by atoms with van der Waals surface area (Å²) in [7, 11) is -0.156.